The Morgan fingerprint density at radius 2 is 1.83 bits per heavy atom. The highest BCUT2D eigenvalue weighted by atomic mass is 16.7. The highest BCUT2D eigenvalue weighted by molar-refractivity contribution is 5.66. The van der Waals surface area contributed by atoms with Crippen LogP contribution in [-0.4, -0.2) is 16.6 Å². The summed E-state index contributed by atoms with van der Waals surface area (Å²) < 4.78 is 4.94. The highest BCUT2D eigenvalue weighted by Crippen LogP contribution is 2.16. The van der Waals surface area contributed by atoms with Crippen molar-refractivity contribution >= 4 is 11.8 Å². The first-order valence-corrected chi connectivity index (χ1v) is 5.18. The number of nitro groups is 1. The zero-order valence-corrected chi connectivity index (χ0v) is 10.3. The van der Waals surface area contributed by atoms with Crippen molar-refractivity contribution in [3.05, 3.63) is 34.4 Å². The van der Waals surface area contributed by atoms with Crippen LogP contribution < -0.4 is 10.3 Å². The largest absolute Gasteiger partial charge is 0.442 e. The second-order valence-corrected chi connectivity index (χ2v) is 4.46. The lowest BCUT2D eigenvalue weighted by Gasteiger charge is -2.19. The summed E-state index contributed by atoms with van der Waals surface area (Å²) in [4.78, 5) is 26.0. The van der Waals surface area contributed by atoms with Gasteiger partial charge in [-0.3, -0.25) is 10.1 Å². The molecule has 0 bridgehead atoms. The number of carbonyl (C=O) groups excluding carboxylic acids is 1. The minimum atomic E-state index is -0.735. The van der Waals surface area contributed by atoms with Gasteiger partial charge < -0.3 is 9.57 Å². The van der Waals surface area contributed by atoms with Crippen LogP contribution in [0.15, 0.2) is 24.3 Å². The molecule has 98 valence electrons. The maximum Gasteiger partial charge on any atom is 0.441 e. The average molecular weight is 254 g/mol. The summed E-state index contributed by atoms with van der Waals surface area (Å²) in [6, 6.07) is 5.28. The third-order valence-electron chi connectivity index (χ3n) is 1.70. The molecule has 0 spiro atoms. The van der Waals surface area contributed by atoms with Crippen LogP contribution in [-0.2, 0) is 4.74 Å². The van der Waals surface area contributed by atoms with Crippen LogP contribution in [0.5, 0.6) is 5.75 Å². The normalized spacial score (nSPS) is 10.6. The Morgan fingerprint density at radius 3 is 2.28 bits per heavy atom. The summed E-state index contributed by atoms with van der Waals surface area (Å²) in [5.74, 6) is 0.270. The monoisotopic (exact) mass is 254 g/mol. The Hall–Kier alpha value is -2.31. The molecule has 1 rings (SSSR count). The van der Waals surface area contributed by atoms with Crippen molar-refractivity contribution < 1.29 is 19.3 Å². The van der Waals surface area contributed by atoms with Crippen LogP contribution in [0.1, 0.15) is 20.8 Å². The Balaban J connectivity index is 2.49. The standard InChI is InChI=1S/C11H14N2O5/c1-11(2,3)17-10(14)12-18-9-6-4-8(5-7-9)13(15)16/h4-7H,1-3H3,(H,12,14). The summed E-state index contributed by atoms with van der Waals surface area (Å²) in [5, 5.41) is 10.4. The van der Waals surface area contributed by atoms with Gasteiger partial charge in [0, 0.05) is 12.1 Å². The van der Waals surface area contributed by atoms with Gasteiger partial charge in [-0.1, -0.05) is 0 Å². The SMILES string of the molecule is CC(C)(C)OC(=O)NOc1ccc([N+](=O)[O-])cc1. The number of benzene rings is 1. The summed E-state index contributed by atoms with van der Waals surface area (Å²) in [5.41, 5.74) is 1.40. The molecule has 0 unspecified atom stereocenters. The molecule has 0 aliphatic rings. The average Bonchev–Trinajstić information content (AvgIpc) is 2.24. The Kier molecular flexibility index (Phi) is 4.09. The maximum absolute atomic E-state index is 11.2. The molecule has 0 saturated carbocycles. The molecule has 0 heterocycles. The van der Waals surface area contributed by atoms with E-state index >= 15 is 0 Å². The molecule has 0 fully saturated rings. The van der Waals surface area contributed by atoms with E-state index < -0.39 is 16.6 Å². The fourth-order valence-electron chi connectivity index (χ4n) is 1.04. The van der Waals surface area contributed by atoms with Gasteiger partial charge in [0.25, 0.3) is 5.69 Å². The van der Waals surface area contributed by atoms with Crippen molar-refractivity contribution in [2.45, 2.75) is 26.4 Å². The number of nitro benzene ring substituents is 1. The Bertz CT molecular complexity index is 436. The van der Waals surface area contributed by atoms with E-state index in [2.05, 4.69) is 5.48 Å². The summed E-state index contributed by atoms with van der Waals surface area (Å²) in [6.45, 7) is 5.16. The molecule has 1 amide bonds. The van der Waals surface area contributed by atoms with E-state index in [0.29, 0.717) is 0 Å². The van der Waals surface area contributed by atoms with E-state index in [1.54, 1.807) is 20.8 Å². The molecule has 0 saturated heterocycles. The van der Waals surface area contributed by atoms with Gasteiger partial charge in [0.1, 0.15) is 5.60 Å². The lowest BCUT2D eigenvalue weighted by molar-refractivity contribution is -0.384. The molecule has 1 aromatic carbocycles. The molecule has 18 heavy (non-hydrogen) atoms. The topological polar surface area (TPSA) is 90.7 Å². The molecule has 0 radical (unpaired) electrons. The smallest absolute Gasteiger partial charge is 0.441 e. The van der Waals surface area contributed by atoms with Gasteiger partial charge in [0.15, 0.2) is 5.75 Å². The molecule has 7 nitrogen and oxygen atoms in total. The molecule has 1 aromatic rings. The zero-order valence-electron chi connectivity index (χ0n) is 10.3. The van der Waals surface area contributed by atoms with Gasteiger partial charge in [-0.15, -0.1) is 0 Å². The fourth-order valence-corrected chi connectivity index (χ4v) is 1.04. The Labute approximate surface area is 104 Å². The fraction of sp³-hybridized carbons (Fsp3) is 0.364. The zero-order chi connectivity index (χ0) is 13.8. The van der Waals surface area contributed by atoms with Crippen molar-refractivity contribution in [1.82, 2.24) is 5.48 Å². The highest BCUT2D eigenvalue weighted by Gasteiger charge is 2.16. The lowest BCUT2D eigenvalue weighted by Crippen LogP contribution is -2.34. The van der Waals surface area contributed by atoms with Gasteiger partial charge in [-0.25, -0.2) is 4.79 Å². The van der Waals surface area contributed by atoms with Crippen molar-refractivity contribution in [2.24, 2.45) is 0 Å². The van der Waals surface area contributed by atoms with Gasteiger partial charge in [0.2, 0.25) is 0 Å². The van der Waals surface area contributed by atoms with E-state index in [1.165, 1.54) is 24.3 Å². The Morgan fingerprint density at radius 1 is 1.28 bits per heavy atom. The second-order valence-electron chi connectivity index (χ2n) is 4.46. The second kappa shape index (κ2) is 5.35. The summed E-state index contributed by atoms with van der Waals surface area (Å²) in [6.07, 6.45) is -0.735. The maximum atomic E-state index is 11.2. The lowest BCUT2D eigenvalue weighted by atomic mass is 10.2. The van der Waals surface area contributed by atoms with Gasteiger partial charge in [0.05, 0.1) is 4.92 Å². The van der Waals surface area contributed by atoms with Crippen LogP contribution in [0.2, 0.25) is 0 Å². The number of rotatable bonds is 3. The van der Waals surface area contributed by atoms with E-state index in [0.717, 1.165) is 0 Å². The van der Waals surface area contributed by atoms with E-state index in [4.69, 9.17) is 9.57 Å². The number of hydrogen-bond donors (Lipinski definition) is 1. The number of nitrogens with one attached hydrogen (secondary N) is 1. The van der Waals surface area contributed by atoms with E-state index in [1.807, 2.05) is 0 Å². The van der Waals surface area contributed by atoms with Crippen LogP contribution >= 0.6 is 0 Å². The number of ether oxygens (including phenoxy) is 1. The number of non-ortho nitro benzene ring substituents is 1. The minimum Gasteiger partial charge on any atom is -0.442 e. The number of carbonyl (C=O) groups is 1. The molecular weight excluding hydrogens is 240 g/mol. The first kappa shape index (κ1) is 13.8. The number of amides is 1. The summed E-state index contributed by atoms with van der Waals surface area (Å²) in [7, 11) is 0. The van der Waals surface area contributed by atoms with Crippen molar-refractivity contribution in [3.8, 4) is 5.75 Å². The third kappa shape index (κ3) is 4.69. The van der Waals surface area contributed by atoms with Gasteiger partial charge >= 0.3 is 6.09 Å². The van der Waals surface area contributed by atoms with Gasteiger partial charge in [-0.2, -0.15) is 5.48 Å². The van der Waals surface area contributed by atoms with Crippen LogP contribution in [0.25, 0.3) is 0 Å². The first-order chi connectivity index (χ1) is 8.28. The predicted molar refractivity (Wildman–Crippen MR) is 63.1 cm³/mol. The minimum absolute atomic E-state index is 0.0559. The quantitative estimate of drug-likeness (QED) is 0.660. The summed E-state index contributed by atoms with van der Waals surface area (Å²) >= 11 is 0. The van der Waals surface area contributed by atoms with Crippen molar-refractivity contribution in [1.29, 1.82) is 0 Å². The number of hydroxylamine groups is 1. The molecule has 0 aromatic heterocycles. The molecule has 0 atom stereocenters. The van der Waals surface area contributed by atoms with E-state index in [-0.39, 0.29) is 11.4 Å². The molecule has 7 heteroatoms. The van der Waals surface area contributed by atoms with Crippen LogP contribution in [0.4, 0.5) is 10.5 Å². The number of nitrogens with zero attached hydrogens (tertiary/aromatic N) is 1. The van der Waals surface area contributed by atoms with Gasteiger partial charge in [-0.05, 0) is 32.9 Å². The molecule has 1 N–H and O–H groups in total. The molecule has 0 aliphatic carbocycles. The molecular formula is C11H14N2O5. The predicted octanol–water partition coefficient (Wildman–Crippen LogP) is 2.41. The molecule has 0 aliphatic heterocycles. The third-order valence-corrected chi connectivity index (χ3v) is 1.70. The van der Waals surface area contributed by atoms with Crippen LogP contribution in [0.3, 0.4) is 0 Å². The van der Waals surface area contributed by atoms with Crippen molar-refractivity contribution in [2.75, 3.05) is 0 Å². The van der Waals surface area contributed by atoms with E-state index in [9.17, 15) is 14.9 Å². The van der Waals surface area contributed by atoms with Crippen LogP contribution in [0, 0.1) is 10.1 Å². The number of hydrogen-bond acceptors (Lipinski definition) is 5. The first-order valence-electron chi connectivity index (χ1n) is 5.18. The van der Waals surface area contributed by atoms with Crippen molar-refractivity contribution in [3.63, 3.8) is 0 Å².